The molecule has 0 aliphatic heterocycles. The number of aromatic nitrogens is 8. The minimum Gasteiger partial charge on any atom is -0.383 e. The summed E-state index contributed by atoms with van der Waals surface area (Å²) >= 11 is 3.89. The number of halogens is 8. The first-order valence-electron chi connectivity index (χ1n) is 11.4. The van der Waals surface area contributed by atoms with Crippen LogP contribution < -0.4 is 0 Å². The Morgan fingerprint density at radius 1 is 0.718 bits per heavy atom. The molecule has 214 valence electrons. The zero-order chi connectivity index (χ0) is 29.3. The second-order valence-electron chi connectivity index (χ2n) is 8.39. The summed E-state index contributed by atoms with van der Waals surface area (Å²) in [6.07, 6.45) is -4.37. The monoisotopic (exact) mass is 784 g/mol. The normalized spacial score (nSPS) is 12.9. The number of rotatable bonds is 6. The van der Waals surface area contributed by atoms with Crippen LogP contribution in [0.2, 0.25) is 0 Å². The summed E-state index contributed by atoms with van der Waals surface area (Å²) in [5, 5.41) is 25.4. The van der Waals surface area contributed by atoms with Crippen LogP contribution in [0.5, 0.6) is 0 Å². The topological polar surface area (TPSA) is 91.5 Å². The molecular formula is C22H24F6I2N8O. The van der Waals surface area contributed by atoms with E-state index in [9.17, 15) is 31.4 Å². The van der Waals surface area contributed by atoms with E-state index in [-0.39, 0.29) is 17.5 Å². The van der Waals surface area contributed by atoms with Crippen molar-refractivity contribution < 1.29 is 31.4 Å². The molecule has 0 bridgehead atoms. The van der Waals surface area contributed by atoms with Crippen molar-refractivity contribution in [3.63, 3.8) is 0 Å². The van der Waals surface area contributed by atoms with Crippen LogP contribution in [0.1, 0.15) is 53.6 Å². The van der Waals surface area contributed by atoms with Gasteiger partial charge in [0.15, 0.2) is 11.4 Å². The summed E-state index contributed by atoms with van der Waals surface area (Å²) < 4.78 is 84.3. The minimum absolute atomic E-state index is 0.181. The fourth-order valence-corrected chi connectivity index (χ4v) is 5.12. The molecule has 4 heterocycles. The van der Waals surface area contributed by atoms with Crippen molar-refractivity contribution in [2.75, 3.05) is 0 Å². The maximum absolute atomic E-state index is 13.0. The van der Waals surface area contributed by atoms with Gasteiger partial charge in [0, 0.05) is 80.6 Å². The summed E-state index contributed by atoms with van der Waals surface area (Å²) in [6.45, 7) is 4.13. The first kappa shape index (κ1) is 31.4. The summed E-state index contributed by atoms with van der Waals surface area (Å²) in [4.78, 5) is 0. The van der Waals surface area contributed by atoms with E-state index in [0.29, 0.717) is 26.1 Å². The molecule has 0 aliphatic carbocycles. The van der Waals surface area contributed by atoms with E-state index in [4.69, 9.17) is 0 Å². The van der Waals surface area contributed by atoms with E-state index in [1.807, 2.05) is 45.2 Å². The Bertz CT molecular complexity index is 1420. The van der Waals surface area contributed by atoms with Gasteiger partial charge in [-0.1, -0.05) is 0 Å². The van der Waals surface area contributed by atoms with Crippen molar-refractivity contribution in [2.45, 2.75) is 51.8 Å². The molecule has 0 saturated heterocycles. The molecule has 0 aliphatic rings. The van der Waals surface area contributed by atoms with Gasteiger partial charge in [0.05, 0.1) is 0 Å². The molecule has 0 radical (unpaired) electrons. The van der Waals surface area contributed by atoms with Gasteiger partial charge in [-0.2, -0.15) is 46.7 Å². The van der Waals surface area contributed by atoms with Gasteiger partial charge in [-0.3, -0.25) is 18.7 Å². The lowest BCUT2D eigenvalue weighted by Crippen LogP contribution is -2.12. The molecule has 0 fully saturated rings. The minimum atomic E-state index is -4.61. The van der Waals surface area contributed by atoms with E-state index >= 15 is 0 Å². The van der Waals surface area contributed by atoms with Crippen LogP contribution in [-0.2, 0) is 46.0 Å². The Morgan fingerprint density at radius 2 is 1.23 bits per heavy atom. The van der Waals surface area contributed by atoms with Crippen molar-refractivity contribution in [3.8, 4) is 0 Å². The first-order chi connectivity index (χ1) is 18.0. The molecule has 39 heavy (non-hydrogen) atoms. The summed E-state index contributed by atoms with van der Waals surface area (Å²) in [7, 11) is 3.38. The Labute approximate surface area is 246 Å². The second kappa shape index (κ2) is 12.1. The highest BCUT2D eigenvalue weighted by Gasteiger charge is 2.40. The first-order valence-corrected chi connectivity index (χ1v) is 13.5. The predicted molar refractivity (Wildman–Crippen MR) is 145 cm³/mol. The van der Waals surface area contributed by atoms with E-state index in [1.54, 1.807) is 38.8 Å². The van der Waals surface area contributed by atoms with Gasteiger partial charge in [0.2, 0.25) is 0 Å². The number of aliphatic hydroxyl groups excluding tert-OH is 1. The quantitative estimate of drug-likeness (QED) is 0.215. The number of hydrogen-bond acceptors (Lipinski definition) is 5. The molecule has 4 rings (SSSR count). The average Bonchev–Trinajstić information content (AvgIpc) is 3.59. The largest absolute Gasteiger partial charge is 0.435 e. The molecule has 4 aromatic heterocycles. The molecule has 0 spiro atoms. The average molecular weight is 784 g/mol. The lowest BCUT2D eigenvalue weighted by atomic mass is 10.1. The van der Waals surface area contributed by atoms with Gasteiger partial charge in [-0.05, 0) is 59.0 Å². The highest BCUT2D eigenvalue weighted by Crippen LogP contribution is 2.36. The second-order valence-corrected chi connectivity index (χ2v) is 10.4. The number of hydrogen-bond donors (Lipinski definition) is 1. The third kappa shape index (κ3) is 7.53. The third-order valence-electron chi connectivity index (χ3n) is 5.45. The SMILES string of the molecule is CCn1cc(C(O)c2cn(C)nc2I)c(C(F)(F)F)n1.CCn1cc(Cc2cn(C)nc2I)c(C(F)(F)F)n1. The molecule has 0 amide bonds. The van der Waals surface area contributed by atoms with Crippen molar-refractivity contribution in [1.82, 2.24) is 39.1 Å². The number of nitrogens with zero attached hydrogens (tertiary/aromatic N) is 8. The maximum atomic E-state index is 13.0. The molecule has 1 N–H and O–H groups in total. The Kier molecular flexibility index (Phi) is 9.77. The van der Waals surface area contributed by atoms with Crippen LogP contribution in [-0.4, -0.2) is 44.2 Å². The van der Waals surface area contributed by atoms with Gasteiger partial charge < -0.3 is 5.11 Å². The van der Waals surface area contributed by atoms with Crippen LogP contribution in [0, 0.1) is 7.40 Å². The standard InChI is InChI=1S/C11H12F3IN4O.C11H12F3IN4/c1-3-19-5-6(9(16-19)11(12,13)14)8(20)7-4-18(2)17-10(7)15;1-3-19-6-7(9(16-19)11(12,13)14)4-8-5-18(2)17-10(8)15/h4-5,8,20H,3H2,1-2H3;5-6H,3-4H2,1-2H3. The Morgan fingerprint density at radius 3 is 1.69 bits per heavy atom. The molecule has 0 aromatic carbocycles. The molecule has 4 aromatic rings. The predicted octanol–water partition coefficient (Wildman–Crippen LogP) is 5.19. The van der Waals surface area contributed by atoms with Gasteiger partial charge in [0.1, 0.15) is 13.5 Å². The smallest absolute Gasteiger partial charge is 0.383 e. The number of aliphatic hydroxyl groups is 1. The van der Waals surface area contributed by atoms with Crippen molar-refractivity contribution in [3.05, 3.63) is 65.8 Å². The summed E-state index contributed by atoms with van der Waals surface area (Å²) in [5.74, 6) is 0. The van der Waals surface area contributed by atoms with Crippen LogP contribution in [0.4, 0.5) is 26.3 Å². The van der Waals surface area contributed by atoms with Crippen molar-refractivity contribution in [1.29, 1.82) is 0 Å². The molecule has 9 nitrogen and oxygen atoms in total. The zero-order valence-electron chi connectivity index (χ0n) is 21.1. The van der Waals surface area contributed by atoms with E-state index in [2.05, 4.69) is 20.4 Å². The van der Waals surface area contributed by atoms with Gasteiger partial charge in [-0.15, -0.1) is 0 Å². The molecule has 0 saturated carbocycles. The van der Waals surface area contributed by atoms with E-state index in [1.165, 1.54) is 28.0 Å². The Hall–Kier alpha value is -2.16. The third-order valence-corrected chi connectivity index (χ3v) is 7.19. The van der Waals surface area contributed by atoms with Crippen LogP contribution in [0.3, 0.4) is 0 Å². The van der Waals surface area contributed by atoms with Crippen LogP contribution in [0.15, 0.2) is 24.8 Å². The molecule has 17 heteroatoms. The number of alkyl halides is 6. The summed E-state index contributed by atoms with van der Waals surface area (Å²) in [5.41, 5.74) is -0.857. The molecular weight excluding hydrogens is 760 g/mol. The van der Waals surface area contributed by atoms with Crippen molar-refractivity contribution in [2.24, 2.45) is 14.1 Å². The zero-order valence-corrected chi connectivity index (χ0v) is 25.4. The molecule has 1 unspecified atom stereocenters. The van der Waals surface area contributed by atoms with Crippen LogP contribution >= 0.6 is 45.2 Å². The maximum Gasteiger partial charge on any atom is 0.435 e. The highest BCUT2D eigenvalue weighted by atomic mass is 127. The van der Waals surface area contributed by atoms with Crippen LogP contribution in [0.25, 0.3) is 0 Å². The van der Waals surface area contributed by atoms with E-state index in [0.717, 1.165) is 10.2 Å². The summed E-state index contributed by atoms with van der Waals surface area (Å²) in [6, 6.07) is 0. The molecule has 1 atom stereocenters. The fraction of sp³-hybridized carbons (Fsp3) is 0.455. The van der Waals surface area contributed by atoms with Gasteiger partial charge in [0.25, 0.3) is 0 Å². The van der Waals surface area contributed by atoms with Gasteiger partial charge >= 0.3 is 12.4 Å². The lowest BCUT2D eigenvalue weighted by Gasteiger charge is -2.11. The Balaban J connectivity index is 0.000000216. The van der Waals surface area contributed by atoms with Crippen molar-refractivity contribution >= 4 is 45.2 Å². The van der Waals surface area contributed by atoms with Gasteiger partial charge in [-0.25, -0.2) is 0 Å². The number of aryl methyl sites for hydroxylation is 4. The lowest BCUT2D eigenvalue weighted by molar-refractivity contribution is -0.143. The highest BCUT2D eigenvalue weighted by molar-refractivity contribution is 14.1. The fourth-order valence-electron chi connectivity index (χ4n) is 3.68. The van der Waals surface area contributed by atoms with E-state index < -0.39 is 29.8 Å².